The van der Waals surface area contributed by atoms with Gasteiger partial charge in [0.2, 0.25) is 0 Å². The molecule has 1 aliphatic heterocycles. The number of amides is 1. The van der Waals surface area contributed by atoms with Gasteiger partial charge in [0.15, 0.2) is 0 Å². The molecule has 122 valence electrons. The van der Waals surface area contributed by atoms with Crippen LogP contribution in [0.4, 0.5) is 4.79 Å². The minimum absolute atomic E-state index is 0.328. The molecule has 0 aromatic heterocycles. The lowest BCUT2D eigenvalue weighted by Gasteiger charge is -2.46. The second kappa shape index (κ2) is 5.58. The molecule has 1 N–H and O–H groups in total. The number of carbonyl (C=O) groups excluding carboxylic acids is 1. The Kier molecular flexibility index (Phi) is 4.26. The summed E-state index contributed by atoms with van der Waals surface area (Å²) < 4.78 is 5.32. The first kappa shape index (κ1) is 16.8. The normalized spacial score (nSPS) is 17.1. The Hall–Kier alpha value is -1.55. The van der Waals surface area contributed by atoms with Crippen molar-refractivity contribution in [3.8, 4) is 0 Å². The second-order valence-electron chi connectivity index (χ2n) is 7.61. The van der Waals surface area contributed by atoms with Crippen molar-refractivity contribution in [3.63, 3.8) is 0 Å². The topological polar surface area (TPSA) is 49.8 Å². The number of hydrogen-bond acceptors (Lipinski definition) is 3. The number of ether oxygens (including phenoxy) is 1. The smallest absolute Gasteiger partial charge is 0.410 e. The third-order valence-corrected chi connectivity index (χ3v) is 3.97. The fraction of sp³-hybridized carbons (Fsp3) is 0.611. The van der Waals surface area contributed by atoms with Gasteiger partial charge in [-0.3, -0.25) is 0 Å². The molecule has 1 aromatic rings. The lowest BCUT2D eigenvalue weighted by Crippen LogP contribution is -2.65. The molecule has 0 aliphatic carbocycles. The monoisotopic (exact) mass is 305 g/mol. The maximum absolute atomic E-state index is 12.0. The van der Waals surface area contributed by atoms with Gasteiger partial charge in [-0.1, -0.05) is 17.7 Å². The van der Waals surface area contributed by atoms with Crippen molar-refractivity contribution in [3.05, 3.63) is 34.4 Å². The van der Waals surface area contributed by atoms with Crippen LogP contribution in [0.3, 0.4) is 0 Å². The minimum Gasteiger partial charge on any atom is -0.444 e. The Bertz CT molecular complexity index is 557. The molecule has 4 heteroatoms. The first-order valence-electron chi connectivity index (χ1n) is 7.76. The highest BCUT2D eigenvalue weighted by Crippen LogP contribution is 2.29. The molecule has 0 radical (unpaired) electrons. The molecule has 22 heavy (non-hydrogen) atoms. The third-order valence-electron chi connectivity index (χ3n) is 3.97. The van der Waals surface area contributed by atoms with E-state index >= 15 is 0 Å². The van der Waals surface area contributed by atoms with E-state index in [2.05, 4.69) is 32.9 Å². The van der Waals surface area contributed by atoms with Gasteiger partial charge in [-0.05, 0) is 58.2 Å². The van der Waals surface area contributed by atoms with Crippen molar-refractivity contribution >= 4 is 6.09 Å². The molecule has 0 spiro atoms. The van der Waals surface area contributed by atoms with Gasteiger partial charge in [0.05, 0.1) is 13.1 Å². The summed E-state index contributed by atoms with van der Waals surface area (Å²) in [7, 11) is 0. The Morgan fingerprint density at radius 2 is 1.73 bits per heavy atom. The molecular formula is C18H27NO3. The number of aliphatic hydroxyl groups is 1. The van der Waals surface area contributed by atoms with E-state index < -0.39 is 11.2 Å². The van der Waals surface area contributed by atoms with Crippen LogP contribution in [0.5, 0.6) is 0 Å². The van der Waals surface area contributed by atoms with E-state index in [0.29, 0.717) is 19.5 Å². The predicted molar refractivity (Wildman–Crippen MR) is 87.1 cm³/mol. The van der Waals surface area contributed by atoms with Gasteiger partial charge in [0, 0.05) is 6.42 Å². The molecule has 1 aliphatic rings. The van der Waals surface area contributed by atoms with Crippen molar-refractivity contribution in [2.24, 2.45) is 0 Å². The summed E-state index contributed by atoms with van der Waals surface area (Å²) in [6, 6.07) is 4.27. The number of rotatable bonds is 2. The fourth-order valence-electron chi connectivity index (χ4n) is 3.05. The summed E-state index contributed by atoms with van der Waals surface area (Å²) in [6.45, 7) is 12.4. The van der Waals surface area contributed by atoms with Gasteiger partial charge in [-0.2, -0.15) is 0 Å². The van der Waals surface area contributed by atoms with Gasteiger partial charge in [-0.25, -0.2) is 4.79 Å². The fourth-order valence-corrected chi connectivity index (χ4v) is 3.05. The summed E-state index contributed by atoms with van der Waals surface area (Å²) in [5.41, 5.74) is 3.45. The van der Waals surface area contributed by atoms with Crippen molar-refractivity contribution in [1.82, 2.24) is 4.90 Å². The van der Waals surface area contributed by atoms with Crippen LogP contribution in [-0.4, -0.2) is 40.4 Å². The molecule has 0 atom stereocenters. The Balaban J connectivity index is 2.01. The van der Waals surface area contributed by atoms with Gasteiger partial charge < -0.3 is 14.7 Å². The highest BCUT2D eigenvalue weighted by atomic mass is 16.6. The van der Waals surface area contributed by atoms with Crippen molar-refractivity contribution in [2.75, 3.05) is 13.1 Å². The predicted octanol–water partition coefficient (Wildman–Crippen LogP) is 3.14. The molecule has 1 saturated heterocycles. The average Bonchev–Trinajstić information content (AvgIpc) is 2.28. The summed E-state index contributed by atoms with van der Waals surface area (Å²) in [5.74, 6) is 0. The van der Waals surface area contributed by atoms with Crippen LogP contribution >= 0.6 is 0 Å². The molecule has 0 saturated carbocycles. The van der Waals surface area contributed by atoms with Crippen LogP contribution < -0.4 is 0 Å². The van der Waals surface area contributed by atoms with Crippen molar-refractivity contribution in [1.29, 1.82) is 0 Å². The first-order chi connectivity index (χ1) is 9.99. The second-order valence-corrected chi connectivity index (χ2v) is 7.61. The number of likely N-dealkylation sites (tertiary alicyclic amines) is 1. The molecule has 0 unspecified atom stereocenters. The lowest BCUT2D eigenvalue weighted by atomic mass is 9.84. The van der Waals surface area contributed by atoms with E-state index in [1.807, 2.05) is 20.8 Å². The maximum Gasteiger partial charge on any atom is 0.410 e. The SMILES string of the molecule is Cc1cc(C)c(CC2(O)CN(C(=O)OC(C)(C)C)C2)c(C)c1. The number of nitrogens with zero attached hydrogens (tertiary/aromatic N) is 1. The molecule has 2 rings (SSSR count). The molecule has 1 aromatic carbocycles. The van der Waals surface area contributed by atoms with Crippen molar-refractivity contribution in [2.45, 2.75) is 59.2 Å². The van der Waals surface area contributed by atoms with E-state index in [1.54, 1.807) is 4.90 Å². The Morgan fingerprint density at radius 1 is 1.23 bits per heavy atom. The zero-order valence-corrected chi connectivity index (χ0v) is 14.5. The zero-order chi connectivity index (χ0) is 16.7. The molecule has 1 heterocycles. The van der Waals surface area contributed by atoms with E-state index in [9.17, 15) is 9.90 Å². The lowest BCUT2D eigenvalue weighted by molar-refractivity contribution is -0.0974. The molecule has 1 fully saturated rings. The molecular weight excluding hydrogens is 278 g/mol. The summed E-state index contributed by atoms with van der Waals surface area (Å²) >= 11 is 0. The van der Waals surface area contributed by atoms with E-state index in [4.69, 9.17) is 4.74 Å². The van der Waals surface area contributed by atoms with Gasteiger partial charge in [-0.15, -0.1) is 0 Å². The summed E-state index contributed by atoms with van der Waals surface area (Å²) in [6.07, 6.45) is 0.221. The highest BCUT2D eigenvalue weighted by Gasteiger charge is 2.45. The summed E-state index contributed by atoms with van der Waals surface area (Å²) in [4.78, 5) is 13.5. The van der Waals surface area contributed by atoms with Gasteiger partial charge >= 0.3 is 6.09 Å². The Labute approximate surface area is 133 Å². The molecule has 4 nitrogen and oxygen atoms in total. The van der Waals surface area contributed by atoms with E-state index in [1.165, 1.54) is 22.3 Å². The largest absolute Gasteiger partial charge is 0.444 e. The van der Waals surface area contributed by atoms with Crippen LogP contribution in [0.1, 0.15) is 43.0 Å². The van der Waals surface area contributed by atoms with Gasteiger partial charge in [0.25, 0.3) is 0 Å². The standard InChI is InChI=1S/C18H27NO3/c1-12-7-13(2)15(14(3)8-12)9-18(21)10-19(11-18)16(20)22-17(4,5)6/h7-8,21H,9-11H2,1-6H3. The molecule has 1 amide bonds. The van der Waals surface area contributed by atoms with Crippen LogP contribution in [0.25, 0.3) is 0 Å². The van der Waals surface area contributed by atoms with E-state index in [0.717, 1.165) is 0 Å². The quantitative estimate of drug-likeness (QED) is 0.913. The number of carbonyl (C=O) groups is 1. The van der Waals surface area contributed by atoms with Gasteiger partial charge in [0.1, 0.15) is 11.2 Å². The zero-order valence-electron chi connectivity index (χ0n) is 14.5. The number of β-amino-alcohol motifs (C(OH)–C–C–N with tert-alkyl or cyclic N) is 1. The van der Waals surface area contributed by atoms with Crippen LogP contribution in [0.15, 0.2) is 12.1 Å². The number of aryl methyl sites for hydroxylation is 3. The first-order valence-corrected chi connectivity index (χ1v) is 7.76. The van der Waals surface area contributed by atoms with E-state index in [-0.39, 0.29) is 6.09 Å². The third kappa shape index (κ3) is 3.80. The number of hydrogen-bond donors (Lipinski definition) is 1. The van der Waals surface area contributed by atoms with Crippen LogP contribution in [-0.2, 0) is 11.2 Å². The Morgan fingerprint density at radius 3 is 2.18 bits per heavy atom. The molecule has 0 bridgehead atoms. The van der Waals surface area contributed by atoms with Crippen LogP contribution in [0, 0.1) is 20.8 Å². The van der Waals surface area contributed by atoms with Crippen molar-refractivity contribution < 1.29 is 14.6 Å². The highest BCUT2D eigenvalue weighted by molar-refractivity contribution is 5.69. The average molecular weight is 305 g/mol. The number of benzene rings is 1. The van der Waals surface area contributed by atoms with Crippen LogP contribution in [0.2, 0.25) is 0 Å². The maximum atomic E-state index is 12.0. The minimum atomic E-state index is -0.846. The summed E-state index contributed by atoms with van der Waals surface area (Å²) in [5, 5.41) is 10.6.